The number of ether oxygens (including phenoxy) is 1. The molecule has 1 aliphatic heterocycles. The summed E-state index contributed by atoms with van der Waals surface area (Å²) in [4.78, 5) is 0. The number of hydrogen-bond acceptors (Lipinski definition) is 2. The predicted molar refractivity (Wildman–Crippen MR) is 88.0 cm³/mol. The molecule has 2 unspecified atom stereocenters. The fraction of sp³-hybridized carbons (Fsp3) is 0.684. The van der Waals surface area contributed by atoms with E-state index in [-0.39, 0.29) is 0 Å². The summed E-state index contributed by atoms with van der Waals surface area (Å²) in [5, 5.41) is 3.82. The average Bonchev–Trinajstić information content (AvgIpc) is 2.96. The van der Waals surface area contributed by atoms with Crippen LogP contribution >= 0.6 is 0 Å². The van der Waals surface area contributed by atoms with Crippen LogP contribution in [0.4, 0.5) is 0 Å². The molecule has 116 valence electrons. The molecule has 0 bridgehead atoms. The van der Waals surface area contributed by atoms with E-state index in [1.165, 1.54) is 50.5 Å². The predicted octanol–water partition coefficient (Wildman–Crippen LogP) is 4.50. The minimum atomic E-state index is 0.537. The van der Waals surface area contributed by atoms with Crippen LogP contribution in [0, 0.1) is 5.92 Å². The Morgan fingerprint density at radius 3 is 2.81 bits per heavy atom. The summed E-state index contributed by atoms with van der Waals surface area (Å²) in [7, 11) is 0. The molecule has 2 atom stereocenters. The second-order valence-corrected chi connectivity index (χ2v) is 6.76. The second-order valence-electron chi connectivity index (χ2n) is 6.76. The minimum Gasteiger partial charge on any atom is -0.493 e. The molecule has 1 fully saturated rings. The van der Waals surface area contributed by atoms with Gasteiger partial charge in [0.05, 0.1) is 6.61 Å². The summed E-state index contributed by atoms with van der Waals surface area (Å²) < 4.78 is 5.92. The van der Waals surface area contributed by atoms with Gasteiger partial charge in [-0.1, -0.05) is 57.2 Å². The molecule has 1 heterocycles. The lowest BCUT2D eigenvalue weighted by atomic mass is 9.80. The number of rotatable bonds is 6. The minimum absolute atomic E-state index is 0.537. The zero-order valence-corrected chi connectivity index (χ0v) is 13.3. The standard InChI is InChI=1S/C19H29NO/c1-2-12-20-18(13-15-8-4-3-5-9-15)17-14-21-19-11-7-6-10-16(17)19/h6-7,10-11,15,17-18,20H,2-5,8-9,12-14H2,1H3. The van der Waals surface area contributed by atoms with Crippen LogP contribution in [0.2, 0.25) is 0 Å². The van der Waals surface area contributed by atoms with Gasteiger partial charge in [0.1, 0.15) is 5.75 Å². The van der Waals surface area contributed by atoms with Crippen molar-refractivity contribution >= 4 is 0 Å². The van der Waals surface area contributed by atoms with Crippen molar-refractivity contribution in [2.45, 2.75) is 63.8 Å². The molecule has 1 aromatic carbocycles. The van der Waals surface area contributed by atoms with Gasteiger partial charge in [0.25, 0.3) is 0 Å². The number of fused-ring (bicyclic) bond motifs is 1. The zero-order valence-electron chi connectivity index (χ0n) is 13.3. The molecule has 1 aromatic rings. The van der Waals surface area contributed by atoms with E-state index in [2.05, 4.69) is 36.5 Å². The molecule has 2 nitrogen and oxygen atoms in total. The zero-order chi connectivity index (χ0) is 14.5. The van der Waals surface area contributed by atoms with Crippen molar-refractivity contribution in [3.8, 4) is 5.75 Å². The molecule has 2 heteroatoms. The van der Waals surface area contributed by atoms with E-state index in [9.17, 15) is 0 Å². The smallest absolute Gasteiger partial charge is 0.122 e. The first kappa shape index (κ1) is 14.9. The van der Waals surface area contributed by atoms with Crippen molar-refractivity contribution in [1.29, 1.82) is 0 Å². The van der Waals surface area contributed by atoms with Crippen molar-refractivity contribution < 1.29 is 4.74 Å². The number of nitrogens with one attached hydrogen (secondary N) is 1. The van der Waals surface area contributed by atoms with E-state index in [4.69, 9.17) is 4.74 Å². The van der Waals surface area contributed by atoms with Crippen molar-refractivity contribution in [3.63, 3.8) is 0 Å². The maximum absolute atomic E-state index is 5.92. The van der Waals surface area contributed by atoms with E-state index < -0.39 is 0 Å². The lowest BCUT2D eigenvalue weighted by Crippen LogP contribution is -2.38. The van der Waals surface area contributed by atoms with Gasteiger partial charge in [0.15, 0.2) is 0 Å². The van der Waals surface area contributed by atoms with Crippen LogP contribution in [0.1, 0.15) is 63.4 Å². The molecule has 0 radical (unpaired) electrons. The fourth-order valence-corrected chi connectivity index (χ4v) is 4.02. The molecule has 21 heavy (non-hydrogen) atoms. The van der Waals surface area contributed by atoms with Gasteiger partial charge in [0, 0.05) is 17.5 Å². The van der Waals surface area contributed by atoms with Crippen LogP contribution in [-0.4, -0.2) is 19.2 Å². The van der Waals surface area contributed by atoms with Gasteiger partial charge in [-0.15, -0.1) is 0 Å². The van der Waals surface area contributed by atoms with Crippen LogP contribution in [0.5, 0.6) is 5.75 Å². The third-order valence-electron chi connectivity index (χ3n) is 5.19. The van der Waals surface area contributed by atoms with E-state index in [0.717, 1.165) is 24.8 Å². The van der Waals surface area contributed by atoms with Gasteiger partial charge in [-0.25, -0.2) is 0 Å². The Morgan fingerprint density at radius 1 is 1.19 bits per heavy atom. The van der Waals surface area contributed by atoms with Crippen molar-refractivity contribution in [3.05, 3.63) is 29.8 Å². The van der Waals surface area contributed by atoms with Crippen LogP contribution in [0.3, 0.4) is 0 Å². The van der Waals surface area contributed by atoms with Crippen LogP contribution in [0.25, 0.3) is 0 Å². The van der Waals surface area contributed by atoms with Crippen LogP contribution < -0.4 is 10.1 Å². The van der Waals surface area contributed by atoms with Crippen LogP contribution in [-0.2, 0) is 0 Å². The van der Waals surface area contributed by atoms with Gasteiger partial charge in [-0.2, -0.15) is 0 Å². The highest BCUT2D eigenvalue weighted by Crippen LogP contribution is 2.38. The lowest BCUT2D eigenvalue weighted by molar-refractivity contribution is 0.248. The molecular weight excluding hydrogens is 258 g/mol. The summed E-state index contributed by atoms with van der Waals surface area (Å²) in [5.41, 5.74) is 1.42. The van der Waals surface area contributed by atoms with Gasteiger partial charge < -0.3 is 10.1 Å². The van der Waals surface area contributed by atoms with E-state index >= 15 is 0 Å². The van der Waals surface area contributed by atoms with Gasteiger partial charge in [0.2, 0.25) is 0 Å². The molecule has 0 amide bonds. The Hall–Kier alpha value is -1.02. The topological polar surface area (TPSA) is 21.3 Å². The third kappa shape index (κ3) is 3.60. The molecular formula is C19H29NO. The number of para-hydroxylation sites is 1. The first-order chi connectivity index (χ1) is 10.4. The van der Waals surface area contributed by atoms with Crippen molar-refractivity contribution in [2.75, 3.05) is 13.2 Å². The Balaban J connectivity index is 1.70. The first-order valence-corrected chi connectivity index (χ1v) is 8.83. The molecule has 0 spiro atoms. The molecule has 1 N–H and O–H groups in total. The SMILES string of the molecule is CCCNC(CC1CCCCC1)C1COc2ccccc21. The fourth-order valence-electron chi connectivity index (χ4n) is 4.02. The Labute approximate surface area is 129 Å². The second kappa shape index (κ2) is 7.31. The lowest BCUT2D eigenvalue weighted by Gasteiger charge is -2.30. The number of hydrogen-bond donors (Lipinski definition) is 1. The molecule has 2 aliphatic rings. The molecule has 1 aliphatic carbocycles. The molecule has 3 rings (SSSR count). The maximum atomic E-state index is 5.92. The van der Waals surface area contributed by atoms with Gasteiger partial charge in [-0.3, -0.25) is 0 Å². The van der Waals surface area contributed by atoms with Crippen molar-refractivity contribution in [2.24, 2.45) is 5.92 Å². The van der Waals surface area contributed by atoms with E-state index in [0.29, 0.717) is 12.0 Å². The summed E-state index contributed by atoms with van der Waals surface area (Å²) in [6.45, 7) is 4.23. The average molecular weight is 287 g/mol. The maximum Gasteiger partial charge on any atom is 0.122 e. The number of benzene rings is 1. The quantitative estimate of drug-likeness (QED) is 0.831. The highest BCUT2D eigenvalue weighted by Gasteiger charge is 2.32. The summed E-state index contributed by atoms with van der Waals surface area (Å²) in [6, 6.07) is 9.19. The largest absolute Gasteiger partial charge is 0.493 e. The van der Waals surface area contributed by atoms with Gasteiger partial charge >= 0.3 is 0 Å². The van der Waals surface area contributed by atoms with Crippen molar-refractivity contribution in [1.82, 2.24) is 5.32 Å². The highest BCUT2D eigenvalue weighted by molar-refractivity contribution is 5.40. The molecule has 0 aromatic heterocycles. The summed E-state index contributed by atoms with van der Waals surface area (Å²) in [6.07, 6.45) is 9.70. The van der Waals surface area contributed by atoms with Gasteiger partial charge in [-0.05, 0) is 31.4 Å². The highest BCUT2D eigenvalue weighted by atomic mass is 16.5. The van der Waals surface area contributed by atoms with E-state index in [1.807, 2.05) is 0 Å². The Morgan fingerprint density at radius 2 is 2.00 bits per heavy atom. The van der Waals surface area contributed by atoms with Crippen LogP contribution in [0.15, 0.2) is 24.3 Å². The summed E-state index contributed by atoms with van der Waals surface area (Å²) >= 11 is 0. The monoisotopic (exact) mass is 287 g/mol. The molecule has 1 saturated carbocycles. The normalized spacial score (nSPS) is 23.6. The Bertz CT molecular complexity index is 439. The van der Waals surface area contributed by atoms with E-state index in [1.54, 1.807) is 0 Å². The molecule has 0 saturated heterocycles. The third-order valence-corrected chi connectivity index (χ3v) is 5.19. The Kier molecular flexibility index (Phi) is 5.18. The first-order valence-electron chi connectivity index (χ1n) is 8.83. The summed E-state index contributed by atoms with van der Waals surface area (Å²) in [5.74, 6) is 2.56.